The van der Waals surface area contributed by atoms with Crippen molar-refractivity contribution in [1.82, 2.24) is 5.32 Å². The van der Waals surface area contributed by atoms with Crippen molar-refractivity contribution in [3.63, 3.8) is 0 Å². The molecule has 5 heteroatoms. The lowest BCUT2D eigenvalue weighted by molar-refractivity contribution is 0.343. The van der Waals surface area contributed by atoms with E-state index in [1.165, 1.54) is 25.7 Å². The van der Waals surface area contributed by atoms with Crippen LogP contribution in [0.2, 0.25) is 0 Å². The summed E-state index contributed by atoms with van der Waals surface area (Å²) in [5.74, 6) is 2.65. The quantitative estimate of drug-likeness (QED) is 0.849. The van der Waals surface area contributed by atoms with Crippen molar-refractivity contribution in [3.8, 4) is 11.5 Å². The molecule has 114 valence electrons. The number of aliphatic imine (C=N–C) groups is 1. The number of amidine groups is 1. The number of thioether (sulfide) groups is 1. The Labute approximate surface area is 130 Å². The molecule has 1 saturated carbocycles. The predicted molar refractivity (Wildman–Crippen MR) is 87.6 cm³/mol. The summed E-state index contributed by atoms with van der Waals surface area (Å²) in [4.78, 5) is 4.77. The van der Waals surface area contributed by atoms with Gasteiger partial charge in [-0.2, -0.15) is 0 Å². The molecule has 3 rings (SSSR count). The maximum Gasteiger partial charge on any atom is 0.157 e. The van der Waals surface area contributed by atoms with Gasteiger partial charge in [0.05, 0.1) is 25.8 Å². The Hall–Kier alpha value is -1.36. The summed E-state index contributed by atoms with van der Waals surface area (Å²) in [5, 5.41) is 4.65. The van der Waals surface area contributed by atoms with E-state index in [0.29, 0.717) is 18.7 Å². The van der Waals surface area contributed by atoms with E-state index in [1.54, 1.807) is 18.9 Å². The molecule has 0 saturated heterocycles. The summed E-state index contributed by atoms with van der Waals surface area (Å²) in [6, 6.07) is 8.80. The zero-order valence-corrected chi connectivity index (χ0v) is 13.2. The minimum atomic E-state index is 0.517. The smallest absolute Gasteiger partial charge is 0.157 e. The van der Waals surface area contributed by atoms with Crippen LogP contribution in [0, 0.1) is 0 Å². The van der Waals surface area contributed by atoms with Gasteiger partial charge in [0.15, 0.2) is 5.17 Å². The Balaban J connectivity index is 1.38. The average molecular weight is 306 g/mol. The number of benzene rings is 1. The number of methoxy groups -OCH3 is 1. The summed E-state index contributed by atoms with van der Waals surface area (Å²) < 4.78 is 10.8. The highest BCUT2D eigenvalue weighted by Gasteiger charge is 2.30. The highest BCUT2D eigenvalue weighted by Crippen LogP contribution is 2.27. The summed E-state index contributed by atoms with van der Waals surface area (Å²) in [6.45, 7) is 0.688. The molecule has 1 N–H and O–H groups in total. The molecule has 0 amide bonds. The Morgan fingerprint density at radius 3 is 2.71 bits per heavy atom. The largest absolute Gasteiger partial charge is 0.497 e. The van der Waals surface area contributed by atoms with E-state index in [9.17, 15) is 0 Å². The van der Waals surface area contributed by atoms with Gasteiger partial charge in [0.2, 0.25) is 0 Å². The van der Waals surface area contributed by atoms with Gasteiger partial charge in [-0.1, -0.05) is 24.6 Å². The number of nitrogens with one attached hydrogen (secondary N) is 1. The van der Waals surface area contributed by atoms with Crippen LogP contribution >= 0.6 is 11.8 Å². The number of nitrogens with zero attached hydrogens (tertiary/aromatic N) is 1. The highest BCUT2D eigenvalue weighted by atomic mass is 32.2. The van der Waals surface area contributed by atoms with Crippen molar-refractivity contribution in [2.45, 2.75) is 37.8 Å². The number of hydrogen-bond acceptors (Lipinski definition) is 5. The maximum absolute atomic E-state index is 5.72. The third-order valence-corrected chi connectivity index (χ3v) is 4.84. The molecule has 1 aliphatic heterocycles. The van der Waals surface area contributed by atoms with Gasteiger partial charge in [0.25, 0.3) is 0 Å². The van der Waals surface area contributed by atoms with E-state index in [4.69, 9.17) is 14.5 Å². The van der Waals surface area contributed by atoms with Gasteiger partial charge in [-0.05, 0) is 37.1 Å². The van der Waals surface area contributed by atoms with Crippen LogP contribution in [-0.2, 0) is 0 Å². The second-order valence-corrected chi connectivity index (χ2v) is 6.49. The van der Waals surface area contributed by atoms with Gasteiger partial charge >= 0.3 is 0 Å². The van der Waals surface area contributed by atoms with Gasteiger partial charge in [-0.25, -0.2) is 0 Å². The first kappa shape index (κ1) is 14.6. The lowest BCUT2D eigenvalue weighted by atomic mass is 9.92. The standard InChI is InChI=1S/C16H22N2O2S/c1-19-12-6-8-13(9-7-12)20-10-11-21-16-17-14-4-2-3-5-15(14)18-16/h6-9,14-15H,2-5,10-11H2,1H3,(H,17,18)/t14-,15-/m0/s1. The first-order valence-electron chi connectivity index (χ1n) is 7.59. The van der Waals surface area contributed by atoms with E-state index in [0.717, 1.165) is 22.4 Å². The minimum absolute atomic E-state index is 0.517. The van der Waals surface area contributed by atoms with E-state index in [-0.39, 0.29) is 0 Å². The van der Waals surface area contributed by atoms with Crippen LogP contribution in [0.1, 0.15) is 25.7 Å². The number of rotatable bonds is 5. The molecule has 0 bridgehead atoms. The molecule has 2 atom stereocenters. The molecular weight excluding hydrogens is 284 g/mol. The molecule has 0 spiro atoms. The predicted octanol–water partition coefficient (Wildman–Crippen LogP) is 3.08. The lowest BCUT2D eigenvalue weighted by Crippen LogP contribution is -2.36. The summed E-state index contributed by atoms with van der Waals surface area (Å²) >= 11 is 1.77. The second-order valence-electron chi connectivity index (χ2n) is 5.41. The molecule has 1 aromatic rings. The van der Waals surface area contributed by atoms with Crippen molar-refractivity contribution in [2.75, 3.05) is 19.5 Å². The lowest BCUT2D eigenvalue weighted by Gasteiger charge is -2.23. The van der Waals surface area contributed by atoms with Gasteiger partial charge in [-0.15, -0.1) is 0 Å². The Kier molecular flexibility index (Phi) is 4.91. The number of hydrogen-bond donors (Lipinski definition) is 1. The minimum Gasteiger partial charge on any atom is -0.497 e. The first-order valence-corrected chi connectivity index (χ1v) is 8.58. The van der Waals surface area contributed by atoms with Crippen LogP contribution in [0.4, 0.5) is 0 Å². The average Bonchev–Trinajstić information content (AvgIpc) is 2.95. The number of fused-ring (bicyclic) bond motifs is 1. The topological polar surface area (TPSA) is 42.9 Å². The van der Waals surface area contributed by atoms with Crippen molar-refractivity contribution in [3.05, 3.63) is 24.3 Å². The van der Waals surface area contributed by atoms with Crippen LogP contribution in [0.25, 0.3) is 0 Å². The van der Waals surface area contributed by atoms with Gasteiger partial charge in [0, 0.05) is 5.75 Å². The first-order chi connectivity index (χ1) is 10.3. The van der Waals surface area contributed by atoms with Gasteiger partial charge in [-0.3, -0.25) is 4.99 Å². The maximum atomic E-state index is 5.72. The van der Waals surface area contributed by atoms with E-state index in [1.807, 2.05) is 24.3 Å². The number of ether oxygens (including phenoxy) is 2. The molecule has 1 aliphatic carbocycles. The molecule has 1 aromatic carbocycles. The van der Waals surface area contributed by atoms with Crippen LogP contribution < -0.4 is 14.8 Å². The highest BCUT2D eigenvalue weighted by molar-refractivity contribution is 8.13. The van der Waals surface area contributed by atoms with Crippen molar-refractivity contribution < 1.29 is 9.47 Å². The molecule has 0 aromatic heterocycles. The fraction of sp³-hybridized carbons (Fsp3) is 0.562. The van der Waals surface area contributed by atoms with Crippen LogP contribution in [0.5, 0.6) is 11.5 Å². The van der Waals surface area contributed by atoms with Gasteiger partial charge < -0.3 is 14.8 Å². The molecular formula is C16H22N2O2S. The SMILES string of the molecule is COc1ccc(OCCSC2=N[C@H]3CCCC[C@@H]3N2)cc1. The Morgan fingerprint density at radius 1 is 1.19 bits per heavy atom. The third kappa shape index (κ3) is 3.84. The zero-order valence-electron chi connectivity index (χ0n) is 12.4. The third-order valence-electron chi connectivity index (χ3n) is 3.97. The summed E-state index contributed by atoms with van der Waals surface area (Å²) in [5.41, 5.74) is 0. The molecule has 0 radical (unpaired) electrons. The van der Waals surface area contributed by atoms with Crippen LogP contribution in [-0.4, -0.2) is 36.7 Å². The summed E-state index contributed by atoms with van der Waals surface area (Å²) in [7, 11) is 1.67. The molecule has 2 aliphatic rings. The van der Waals surface area contributed by atoms with Gasteiger partial charge in [0.1, 0.15) is 11.5 Å². The fourth-order valence-corrected chi connectivity index (χ4v) is 3.63. The van der Waals surface area contributed by atoms with E-state index < -0.39 is 0 Å². The van der Waals surface area contributed by atoms with Crippen LogP contribution in [0.3, 0.4) is 0 Å². The van der Waals surface area contributed by atoms with Crippen molar-refractivity contribution in [1.29, 1.82) is 0 Å². The Bertz CT molecular complexity index is 490. The van der Waals surface area contributed by atoms with Crippen molar-refractivity contribution >= 4 is 16.9 Å². The van der Waals surface area contributed by atoms with E-state index >= 15 is 0 Å². The molecule has 21 heavy (non-hydrogen) atoms. The molecule has 1 fully saturated rings. The molecule has 1 heterocycles. The summed E-state index contributed by atoms with van der Waals surface area (Å²) in [6.07, 6.45) is 5.16. The van der Waals surface area contributed by atoms with E-state index in [2.05, 4.69) is 5.32 Å². The molecule has 0 unspecified atom stereocenters. The Morgan fingerprint density at radius 2 is 1.95 bits per heavy atom. The van der Waals surface area contributed by atoms with Crippen LogP contribution in [0.15, 0.2) is 29.3 Å². The zero-order chi connectivity index (χ0) is 14.5. The second kappa shape index (κ2) is 7.07. The normalized spacial score (nSPS) is 24.0. The van der Waals surface area contributed by atoms with Crippen molar-refractivity contribution in [2.24, 2.45) is 4.99 Å². The fourth-order valence-electron chi connectivity index (χ4n) is 2.83. The molecule has 4 nitrogen and oxygen atoms in total. The monoisotopic (exact) mass is 306 g/mol.